The highest BCUT2D eigenvalue weighted by molar-refractivity contribution is 6.32. The largest absolute Gasteiger partial charge is 0.382 e. The predicted molar refractivity (Wildman–Crippen MR) is 83.8 cm³/mol. The zero-order valence-electron chi connectivity index (χ0n) is 11.6. The van der Waals surface area contributed by atoms with Crippen LogP contribution in [0.5, 0.6) is 0 Å². The van der Waals surface area contributed by atoms with E-state index in [9.17, 15) is 5.11 Å². The van der Waals surface area contributed by atoms with Gasteiger partial charge in [-0.3, -0.25) is 0 Å². The Bertz CT molecular complexity index is 752. The first-order valence-electron chi connectivity index (χ1n) is 6.71. The molecule has 0 bridgehead atoms. The molecule has 0 amide bonds. The standard InChI is InChI=1S/C17H15ClN2O/c1-12-6-5-9-14(16(12)18)17(21)15-10-11-19-20(15)13-7-3-2-4-8-13/h2-11,17,21H,1H3. The minimum Gasteiger partial charge on any atom is -0.382 e. The van der Waals surface area contributed by atoms with Gasteiger partial charge in [0.15, 0.2) is 0 Å². The van der Waals surface area contributed by atoms with Gasteiger partial charge in [-0.25, -0.2) is 4.68 Å². The normalized spacial score (nSPS) is 12.3. The Hall–Kier alpha value is -2.10. The zero-order chi connectivity index (χ0) is 14.8. The number of aryl methyl sites for hydroxylation is 1. The molecule has 1 heterocycles. The number of nitrogens with zero attached hydrogens (tertiary/aromatic N) is 2. The summed E-state index contributed by atoms with van der Waals surface area (Å²) in [7, 11) is 0. The summed E-state index contributed by atoms with van der Waals surface area (Å²) in [6.07, 6.45) is 0.857. The summed E-state index contributed by atoms with van der Waals surface area (Å²) in [4.78, 5) is 0. The first-order chi connectivity index (χ1) is 10.2. The van der Waals surface area contributed by atoms with Crippen molar-refractivity contribution < 1.29 is 5.11 Å². The van der Waals surface area contributed by atoms with E-state index in [1.807, 2.05) is 55.5 Å². The van der Waals surface area contributed by atoms with Gasteiger partial charge in [0.2, 0.25) is 0 Å². The van der Waals surface area contributed by atoms with Crippen LogP contribution in [0.3, 0.4) is 0 Å². The summed E-state index contributed by atoms with van der Waals surface area (Å²) in [6.45, 7) is 1.92. The molecular formula is C17H15ClN2O. The van der Waals surface area contributed by atoms with Gasteiger partial charge in [0.1, 0.15) is 6.10 Å². The van der Waals surface area contributed by atoms with Crippen molar-refractivity contribution >= 4 is 11.6 Å². The molecule has 1 aromatic heterocycles. The monoisotopic (exact) mass is 298 g/mol. The topological polar surface area (TPSA) is 38.1 Å². The molecule has 1 unspecified atom stereocenters. The van der Waals surface area contributed by atoms with E-state index in [1.165, 1.54) is 0 Å². The lowest BCUT2D eigenvalue weighted by Crippen LogP contribution is -2.09. The van der Waals surface area contributed by atoms with Crippen molar-refractivity contribution in [3.63, 3.8) is 0 Å². The molecule has 1 N–H and O–H groups in total. The third kappa shape index (κ3) is 2.58. The summed E-state index contributed by atoms with van der Waals surface area (Å²) in [5.74, 6) is 0. The number of aliphatic hydroxyl groups is 1. The average Bonchev–Trinajstić information content (AvgIpc) is 3.00. The van der Waals surface area contributed by atoms with Gasteiger partial charge in [-0.2, -0.15) is 5.10 Å². The molecule has 106 valence electrons. The second kappa shape index (κ2) is 5.72. The summed E-state index contributed by atoms with van der Waals surface area (Å²) in [6, 6.07) is 17.2. The third-order valence-corrected chi connectivity index (χ3v) is 3.99. The van der Waals surface area contributed by atoms with Crippen LogP contribution < -0.4 is 0 Å². The minimum atomic E-state index is -0.819. The van der Waals surface area contributed by atoms with Gasteiger partial charge >= 0.3 is 0 Å². The van der Waals surface area contributed by atoms with Gasteiger partial charge < -0.3 is 5.11 Å². The lowest BCUT2D eigenvalue weighted by atomic mass is 10.0. The van der Waals surface area contributed by atoms with E-state index in [0.29, 0.717) is 16.3 Å². The van der Waals surface area contributed by atoms with Crippen LogP contribution in [0, 0.1) is 6.92 Å². The molecule has 3 rings (SSSR count). The lowest BCUT2D eigenvalue weighted by Gasteiger charge is -2.16. The van der Waals surface area contributed by atoms with Crippen molar-refractivity contribution in [3.8, 4) is 5.69 Å². The Kier molecular flexibility index (Phi) is 3.78. The Morgan fingerprint density at radius 1 is 1.05 bits per heavy atom. The molecule has 0 aliphatic heterocycles. The van der Waals surface area contributed by atoms with Crippen LogP contribution in [0.25, 0.3) is 5.69 Å². The molecule has 1 atom stereocenters. The molecule has 21 heavy (non-hydrogen) atoms. The molecule has 4 heteroatoms. The Balaban J connectivity index is 2.06. The smallest absolute Gasteiger partial charge is 0.123 e. The van der Waals surface area contributed by atoms with Crippen LogP contribution in [0.4, 0.5) is 0 Å². The lowest BCUT2D eigenvalue weighted by molar-refractivity contribution is 0.212. The summed E-state index contributed by atoms with van der Waals surface area (Å²) in [5, 5.41) is 15.6. The fourth-order valence-corrected chi connectivity index (χ4v) is 2.58. The second-order valence-electron chi connectivity index (χ2n) is 4.88. The molecule has 0 aliphatic carbocycles. The summed E-state index contributed by atoms with van der Waals surface area (Å²) < 4.78 is 1.73. The number of hydrogen-bond acceptors (Lipinski definition) is 2. The van der Waals surface area contributed by atoms with E-state index >= 15 is 0 Å². The van der Waals surface area contributed by atoms with E-state index in [2.05, 4.69) is 5.10 Å². The Morgan fingerprint density at radius 2 is 1.81 bits per heavy atom. The number of aromatic nitrogens is 2. The molecule has 2 aromatic carbocycles. The van der Waals surface area contributed by atoms with Crippen molar-refractivity contribution in [1.29, 1.82) is 0 Å². The quantitative estimate of drug-likeness (QED) is 0.796. The number of halogens is 1. The molecule has 3 nitrogen and oxygen atoms in total. The zero-order valence-corrected chi connectivity index (χ0v) is 12.3. The van der Waals surface area contributed by atoms with Crippen LogP contribution >= 0.6 is 11.6 Å². The highest BCUT2D eigenvalue weighted by Gasteiger charge is 2.19. The van der Waals surface area contributed by atoms with Crippen LogP contribution in [0.1, 0.15) is 22.9 Å². The van der Waals surface area contributed by atoms with Crippen molar-refractivity contribution in [2.75, 3.05) is 0 Å². The molecule has 0 fully saturated rings. The number of rotatable bonds is 3. The van der Waals surface area contributed by atoms with E-state index < -0.39 is 6.10 Å². The Labute approximate surface area is 128 Å². The van der Waals surface area contributed by atoms with Gasteiger partial charge in [0.05, 0.1) is 11.4 Å². The molecule has 0 saturated carbocycles. The van der Waals surface area contributed by atoms with Gasteiger partial charge in [-0.15, -0.1) is 0 Å². The number of hydrogen-bond donors (Lipinski definition) is 1. The van der Waals surface area contributed by atoms with Gasteiger partial charge in [-0.05, 0) is 30.7 Å². The molecule has 3 aromatic rings. The fraction of sp³-hybridized carbons (Fsp3) is 0.118. The third-order valence-electron chi connectivity index (χ3n) is 3.47. The minimum absolute atomic E-state index is 0.589. The first kappa shape index (κ1) is 13.9. The van der Waals surface area contributed by atoms with E-state index in [-0.39, 0.29) is 0 Å². The van der Waals surface area contributed by atoms with Crippen LogP contribution in [0.15, 0.2) is 60.8 Å². The van der Waals surface area contributed by atoms with Gasteiger partial charge in [0.25, 0.3) is 0 Å². The van der Waals surface area contributed by atoms with E-state index in [0.717, 1.165) is 11.3 Å². The van der Waals surface area contributed by atoms with Crippen molar-refractivity contribution in [2.45, 2.75) is 13.0 Å². The molecule has 0 saturated heterocycles. The molecule has 0 radical (unpaired) electrons. The first-order valence-corrected chi connectivity index (χ1v) is 7.08. The van der Waals surface area contributed by atoms with E-state index in [4.69, 9.17) is 11.6 Å². The van der Waals surface area contributed by atoms with Crippen LogP contribution in [-0.4, -0.2) is 14.9 Å². The van der Waals surface area contributed by atoms with E-state index in [1.54, 1.807) is 16.9 Å². The Morgan fingerprint density at radius 3 is 2.57 bits per heavy atom. The molecule has 0 spiro atoms. The maximum absolute atomic E-state index is 10.7. The fourth-order valence-electron chi connectivity index (χ4n) is 2.35. The van der Waals surface area contributed by atoms with Crippen LogP contribution in [-0.2, 0) is 0 Å². The number of benzene rings is 2. The highest BCUT2D eigenvalue weighted by Crippen LogP contribution is 2.31. The highest BCUT2D eigenvalue weighted by atomic mass is 35.5. The number of aliphatic hydroxyl groups excluding tert-OH is 1. The average molecular weight is 299 g/mol. The van der Waals surface area contributed by atoms with Crippen molar-refractivity contribution in [2.24, 2.45) is 0 Å². The second-order valence-corrected chi connectivity index (χ2v) is 5.26. The molecule has 0 aliphatic rings. The van der Waals surface area contributed by atoms with Crippen molar-refractivity contribution in [3.05, 3.63) is 82.6 Å². The van der Waals surface area contributed by atoms with Gasteiger partial charge in [0, 0.05) is 16.8 Å². The van der Waals surface area contributed by atoms with Gasteiger partial charge in [-0.1, -0.05) is 48.0 Å². The number of para-hydroxylation sites is 1. The van der Waals surface area contributed by atoms with Crippen molar-refractivity contribution in [1.82, 2.24) is 9.78 Å². The maximum Gasteiger partial charge on any atom is 0.123 e. The predicted octanol–water partition coefficient (Wildman–Crippen LogP) is 3.92. The SMILES string of the molecule is Cc1cccc(C(O)c2ccnn2-c2ccccc2)c1Cl. The summed E-state index contributed by atoms with van der Waals surface area (Å²) >= 11 is 6.31. The van der Waals surface area contributed by atoms with Crippen LogP contribution in [0.2, 0.25) is 5.02 Å². The molecular weight excluding hydrogens is 284 g/mol. The summed E-state index contributed by atoms with van der Waals surface area (Å²) in [5.41, 5.74) is 3.22. The maximum atomic E-state index is 10.7.